The van der Waals surface area contributed by atoms with Gasteiger partial charge in [-0.25, -0.2) is 0 Å². The van der Waals surface area contributed by atoms with Crippen LogP contribution in [0.25, 0.3) is 0 Å². The molecule has 1 aliphatic heterocycles. The molecule has 0 saturated heterocycles. The molecule has 0 bridgehead atoms. The monoisotopic (exact) mass is 418 g/mol. The summed E-state index contributed by atoms with van der Waals surface area (Å²) in [7, 11) is 0.970. The summed E-state index contributed by atoms with van der Waals surface area (Å²) in [5, 5.41) is 4.62. The summed E-state index contributed by atoms with van der Waals surface area (Å²) in [5.74, 6) is -0.704. The predicted octanol–water partition coefficient (Wildman–Crippen LogP) is 5.17. The number of nitrogens with zero attached hydrogens (tertiary/aromatic N) is 2. The Kier molecular flexibility index (Phi) is 6.31. The van der Waals surface area contributed by atoms with E-state index in [4.69, 9.17) is 4.74 Å². The molecule has 30 heavy (non-hydrogen) atoms. The van der Waals surface area contributed by atoms with Gasteiger partial charge in [0.15, 0.2) is 0 Å². The first-order valence-electron chi connectivity index (χ1n) is 9.81. The Balaban J connectivity index is 1.86. The van der Waals surface area contributed by atoms with Crippen LogP contribution in [0.4, 0.5) is 13.2 Å². The molecule has 160 valence electrons. The van der Waals surface area contributed by atoms with Gasteiger partial charge in [0, 0.05) is 13.5 Å². The van der Waals surface area contributed by atoms with Crippen LogP contribution in [-0.4, -0.2) is 35.6 Å². The first kappa shape index (κ1) is 22.0. The molecule has 0 saturated carbocycles. The average Bonchev–Trinajstić information content (AvgIpc) is 3.09. The van der Waals surface area contributed by atoms with Crippen molar-refractivity contribution < 1.29 is 22.7 Å². The molecule has 2 aromatic rings. The van der Waals surface area contributed by atoms with E-state index in [0.717, 1.165) is 23.8 Å². The third-order valence-corrected chi connectivity index (χ3v) is 5.24. The summed E-state index contributed by atoms with van der Waals surface area (Å²) >= 11 is 0. The molecule has 1 heterocycles. The van der Waals surface area contributed by atoms with Gasteiger partial charge in [-0.15, -0.1) is 0 Å². The Morgan fingerprint density at radius 2 is 1.77 bits per heavy atom. The van der Waals surface area contributed by atoms with Crippen molar-refractivity contribution in [3.05, 3.63) is 70.8 Å². The average molecular weight is 418 g/mol. The number of methoxy groups -OCH3 is 1. The van der Waals surface area contributed by atoms with E-state index < -0.39 is 24.2 Å². The number of hydrazone groups is 1. The van der Waals surface area contributed by atoms with Crippen molar-refractivity contribution in [2.45, 2.75) is 51.4 Å². The molecule has 1 unspecified atom stereocenters. The third kappa shape index (κ3) is 4.41. The van der Waals surface area contributed by atoms with Gasteiger partial charge in [0.1, 0.15) is 0 Å². The molecule has 1 amide bonds. The van der Waals surface area contributed by atoms with E-state index in [1.807, 2.05) is 50.2 Å². The number of hydrogen-bond donors (Lipinski definition) is 0. The van der Waals surface area contributed by atoms with Crippen molar-refractivity contribution in [2.24, 2.45) is 5.10 Å². The first-order chi connectivity index (χ1) is 14.2. The zero-order chi connectivity index (χ0) is 21.9. The van der Waals surface area contributed by atoms with Crippen LogP contribution < -0.4 is 0 Å². The van der Waals surface area contributed by atoms with Crippen LogP contribution in [0.5, 0.6) is 0 Å². The van der Waals surface area contributed by atoms with Crippen LogP contribution in [0.15, 0.2) is 53.6 Å². The number of benzene rings is 2. The van der Waals surface area contributed by atoms with E-state index in [9.17, 15) is 18.0 Å². The normalized spacial score (nSPS) is 19.1. The fourth-order valence-corrected chi connectivity index (χ4v) is 3.79. The number of aryl methyl sites for hydroxylation is 3. The lowest BCUT2D eigenvalue weighted by atomic mass is 9.97. The number of hydrogen-bond acceptors (Lipinski definition) is 3. The van der Waals surface area contributed by atoms with Gasteiger partial charge in [-0.2, -0.15) is 23.3 Å². The SMILES string of the molecule is COC1(C(F)(F)F)CC(c2cc(C)cc(C)c2)=NN1C(=O)CCCc1ccccc1. The fraction of sp³-hybridized carbons (Fsp3) is 0.391. The maximum Gasteiger partial charge on any atom is 0.439 e. The second-order valence-corrected chi connectivity index (χ2v) is 7.63. The van der Waals surface area contributed by atoms with Gasteiger partial charge >= 0.3 is 6.18 Å². The third-order valence-electron chi connectivity index (χ3n) is 5.24. The Morgan fingerprint density at radius 3 is 2.33 bits per heavy atom. The standard InChI is InChI=1S/C23H25F3N2O2/c1-16-12-17(2)14-19(13-16)20-15-22(30-3,23(24,25)26)28(27-20)21(29)11-7-10-18-8-5-4-6-9-18/h4-6,8-9,12-14H,7,10-11,15H2,1-3H3. The van der Waals surface area contributed by atoms with E-state index in [0.29, 0.717) is 23.4 Å². The Bertz CT molecular complexity index is 921. The molecule has 0 N–H and O–H groups in total. The minimum atomic E-state index is -4.79. The minimum Gasteiger partial charge on any atom is -0.349 e. The van der Waals surface area contributed by atoms with Gasteiger partial charge in [0.05, 0.1) is 12.1 Å². The van der Waals surface area contributed by atoms with Crippen molar-refractivity contribution in [1.29, 1.82) is 0 Å². The second-order valence-electron chi connectivity index (χ2n) is 7.63. The van der Waals surface area contributed by atoms with E-state index >= 15 is 0 Å². The molecule has 1 atom stereocenters. The van der Waals surface area contributed by atoms with Crippen molar-refractivity contribution >= 4 is 11.6 Å². The molecule has 4 nitrogen and oxygen atoms in total. The summed E-state index contributed by atoms with van der Waals surface area (Å²) < 4.78 is 47.1. The van der Waals surface area contributed by atoms with Gasteiger partial charge in [0.25, 0.3) is 5.72 Å². The summed E-state index contributed by atoms with van der Waals surface area (Å²) in [6, 6.07) is 15.0. The Hall–Kier alpha value is -2.67. The molecule has 0 radical (unpaired) electrons. The lowest BCUT2D eigenvalue weighted by Crippen LogP contribution is -2.58. The van der Waals surface area contributed by atoms with Gasteiger partial charge in [-0.05, 0) is 37.8 Å². The summed E-state index contributed by atoms with van der Waals surface area (Å²) in [6.07, 6.45) is -4.37. The van der Waals surface area contributed by atoms with Gasteiger partial charge < -0.3 is 4.74 Å². The molecule has 1 aliphatic rings. The summed E-state index contributed by atoms with van der Waals surface area (Å²) in [4.78, 5) is 12.8. The Labute approximate surface area is 174 Å². The molecular formula is C23H25F3N2O2. The number of halogens is 3. The summed E-state index contributed by atoms with van der Waals surface area (Å²) in [5.41, 5.74) is 0.824. The highest BCUT2D eigenvalue weighted by Crippen LogP contribution is 2.44. The van der Waals surface area contributed by atoms with E-state index in [1.54, 1.807) is 12.1 Å². The largest absolute Gasteiger partial charge is 0.439 e. The quantitative estimate of drug-likeness (QED) is 0.650. The molecule has 0 fully saturated rings. The van der Waals surface area contributed by atoms with Crippen LogP contribution in [-0.2, 0) is 16.0 Å². The second kappa shape index (κ2) is 8.60. The molecular weight excluding hydrogens is 393 g/mol. The van der Waals surface area contributed by atoms with E-state index in [2.05, 4.69) is 5.10 Å². The number of amides is 1. The summed E-state index contributed by atoms with van der Waals surface area (Å²) in [6.45, 7) is 3.73. The molecule has 0 aliphatic carbocycles. The van der Waals surface area contributed by atoms with Gasteiger partial charge in [-0.1, -0.05) is 59.7 Å². The number of rotatable bonds is 6. The van der Waals surface area contributed by atoms with E-state index in [-0.39, 0.29) is 12.1 Å². The van der Waals surface area contributed by atoms with Gasteiger partial charge in [0.2, 0.25) is 5.91 Å². The van der Waals surface area contributed by atoms with E-state index in [1.165, 1.54) is 0 Å². The Morgan fingerprint density at radius 1 is 1.13 bits per heavy atom. The number of carbonyl (C=O) groups excluding carboxylic acids is 1. The minimum absolute atomic E-state index is 0.0558. The molecule has 7 heteroatoms. The highest BCUT2D eigenvalue weighted by atomic mass is 19.4. The predicted molar refractivity (Wildman–Crippen MR) is 109 cm³/mol. The number of ether oxygens (including phenoxy) is 1. The van der Waals surface area contributed by atoms with Crippen LogP contribution in [0.1, 0.15) is 41.5 Å². The zero-order valence-corrected chi connectivity index (χ0v) is 17.3. The first-order valence-corrected chi connectivity index (χ1v) is 9.81. The van der Waals surface area contributed by atoms with Crippen molar-refractivity contribution in [1.82, 2.24) is 5.01 Å². The fourth-order valence-electron chi connectivity index (χ4n) is 3.79. The lowest BCUT2D eigenvalue weighted by Gasteiger charge is -2.36. The molecule has 0 spiro atoms. The molecule has 0 aromatic heterocycles. The van der Waals surface area contributed by atoms with Crippen LogP contribution >= 0.6 is 0 Å². The highest BCUT2D eigenvalue weighted by Gasteiger charge is 2.64. The number of carbonyl (C=O) groups is 1. The lowest BCUT2D eigenvalue weighted by molar-refractivity contribution is -0.311. The maximum atomic E-state index is 14.1. The van der Waals surface area contributed by atoms with Crippen molar-refractivity contribution in [3.8, 4) is 0 Å². The molecule has 2 aromatic carbocycles. The smallest absolute Gasteiger partial charge is 0.349 e. The van der Waals surface area contributed by atoms with Crippen LogP contribution in [0.3, 0.4) is 0 Å². The van der Waals surface area contributed by atoms with Crippen molar-refractivity contribution in [3.63, 3.8) is 0 Å². The number of alkyl halides is 3. The maximum absolute atomic E-state index is 14.1. The van der Waals surface area contributed by atoms with Crippen LogP contribution in [0, 0.1) is 13.8 Å². The highest BCUT2D eigenvalue weighted by molar-refractivity contribution is 6.03. The zero-order valence-electron chi connectivity index (χ0n) is 17.3. The van der Waals surface area contributed by atoms with Gasteiger partial charge in [-0.3, -0.25) is 4.79 Å². The van der Waals surface area contributed by atoms with Crippen molar-refractivity contribution in [2.75, 3.05) is 7.11 Å². The molecule has 3 rings (SSSR count). The topological polar surface area (TPSA) is 41.9 Å². The van der Waals surface area contributed by atoms with Crippen LogP contribution in [0.2, 0.25) is 0 Å².